The molecular formula is C24H20F6N4O3S. The average molecular weight is 559 g/mol. The summed E-state index contributed by atoms with van der Waals surface area (Å²) in [5.41, 5.74) is 0.363. The Hall–Kier alpha value is -3.52. The van der Waals surface area contributed by atoms with Gasteiger partial charge < -0.3 is 5.32 Å². The molecule has 1 saturated heterocycles. The molecule has 14 heteroatoms. The third kappa shape index (κ3) is 5.50. The summed E-state index contributed by atoms with van der Waals surface area (Å²) < 4.78 is 107. The van der Waals surface area contributed by atoms with Crippen molar-refractivity contribution in [1.82, 2.24) is 19.6 Å². The highest BCUT2D eigenvalue weighted by atomic mass is 32.2. The number of alkyl halides is 4. The predicted molar refractivity (Wildman–Crippen MR) is 122 cm³/mol. The Bertz CT molecular complexity index is 1430. The van der Waals surface area contributed by atoms with Crippen LogP contribution < -0.4 is 5.32 Å². The van der Waals surface area contributed by atoms with Crippen molar-refractivity contribution >= 4 is 15.9 Å². The molecule has 1 aliphatic heterocycles. The highest BCUT2D eigenvalue weighted by molar-refractivity contribution is 7.89. The lowest BCUT2D eigenvalue weighted by Gasteiger charge is -2.27. The lowest BCUT2D eigenvalue weighted by molar-refractivity contribution is -0.145. The van der Waals surface area contributed by atoms with Crippen molar-refractivity contribution in [3.8, 4) is 11.1 Å². The van der Waals surface area contributed by atoms with Crippen LogP contribution in [0.3, 0.4) is 0 Å². The monoisotopic (exact) mass is 558 g/mol. The molecule has 202 valence electrons. The second kappa shape index (κ2) is 10.3. The van der Waals surface area contributed by atoms with E-state index >= 15 is 0 Å². The molecular weight excluding hydrogens is 538 g/mol. The number of sulfonamides is 1. The topological polar surface area (TPSA) is 92.3 Å². The maximum Gasteiger partial charge on any atom is 0.451 e. The van der Waals surface area contributed by atoms with E-state index in [1.165, 1.54) is 19.1 Å². The first kappa shape index (κ1) is 27.5. The molecule has 0 aliphatic carbocycles. The fraction of sp³-hybridized carbons (Fsp3) is 0.292. The molecule has 1 unspecified atom stereocenters. The Morgan fingerprint density at radius 2 is 1.68 bits per heavy atom. The van der Waals surface area contributed by atoms with Gasteiger partial charge in [-0.25, -0.2) is 31.6 Å². The molecule has 1 N–H and O–H groups in total. The molecule has 1 amide bonds. The Morgan fingerprint density at radius 1 is 1.05 bits per heavy atom. The van der Waals surface area contributed by atoms with Gasteiger partial charge in [0, 0.05) is 36.5 Å². The van der Waals surface area contributed by atoms with Gasteiger partial charge in [0.15, 0.2) is 0 Å². The van der Waals surface area contributed by atoms with Crippen LogP contribution >= 0.6 is 0 Å². The third-order valence-corrected chi connectivity index (χ3v) is 8.12. The fourth-order valence-electron chi connectivity index (χ4n) is 4.11. The second-order valence-corrected chi connectivity index (χ2v) is 10.5. The van der Waals surface area contributed by atoms with E-state index in [0.717, 1.165) is 42.7 Å². The SMILES string of the molecule is C[C@H]1[C@H](F)CC(C(=O)NCc2cc(-c3cnc(C(F)(F)F)nc3)ccc2F)N1S(=O)(=O)c1ccc(F)cc1. The smallest absolute Gasteiger partial charge is 0.351 e. The number of nitrogens with zero attached hydrogens (tertiary/aromatic N) is 3. The Balaban J connectivity index is 1.53. The molecule has 3 atom stereocenters. The van der Waals surface area contributed by atoms with Gasteiger partial charge in [-0.15, -0.1) is 0 Å². The zero-order valence-electron chi connectivity index (χ0n) is 19.6. The van der Waals surface area contributed by atoms with Crippen LogP contribution in [0, 0.1) is 11.6 Å². The number of hydrogen-bond donors (Lipinski definition) is 1. The van der Waals surface area contributed by atoms with E-state index in [1.54, 1.807) is 0 Å². The number of rotatable bonds is 6. The van der Waals surface area contributed by atoms with Gasteiger partial charge in [0.25, 0.3) is 0 Å². The van der Waals surface area contributed by atoms with E-state index in [1.807, 2.05) is 0 Å². The quantitative estimate of drug-likeness (QED) is 0.457. The molecule has 0 radical (unpaired) electrons. The van der Waals surface area contributed by atoms with Crippen LogP contribution in [0.5, 0.6) is 0 Å². The van der Waals surface area contributed by atoms with Gasteiger partial charge in [-0.2, -0.15) is 17.5 Å². The van der Waals surface area contributed by atoms with Crippen LogP contribution in [-0.2, 0) is 27.5 Å². The molecule has 4 rings (SSSR count). The summed E-state index contributed by atoms with van der Waals surface area (Å²) in [5.74, 6) is -3.65. The van der Waals surface area contributed by atoms with E-state index in [-0.39, 0.29) is 21.6 Å². The highest BCUT2D eigenvalue weighted by Gasteiger charge is 2.49. The minimum absolute atomic E-state index is 0.0634. The number of aromatic nitrogens is 2. The normalized spacial score (nSPS) is 20.4. The summed E-state index contributed by atoms with van der Waals surface area (Å²) in [6.07, 6.45) is -5.00. The van der Waals surface area contributed by atoms with Crippen molar-refractivity contribution < 1.29 is 39.6 Å². The lowest BCUT2D eigenvalue weighted by atomic mass is 10.0. The number of nitrogens with one attached hydrogen (secondary N) is 1. The summed E-state index contributed by atoms with van der Waals surface area (Å²) in [6, 6.07) is 4.80. The zero-order valence-corrected chi connectivity index (χ0v) is 20.4. The molecule has 7 nitrogen and oxygen atoms in total. The maximum absolute atomic E-state index is 14.6. The van der Waals surface area contributed by atoms with Gasteiger partial charge in [-0.3, -0.25) is 4.79 Å². The van der Waals surface area contributed by atoms with Crippen LogP contribution in [-0.4, -0.2) is 46.9 Å². The van der Waals surface area contributed by atoms with Gasteiger partial charge in [-0.1, -0.05) is 6.07 Å². The highest BCUT2D eigenvalue weighted by Crippen LogP contribution is 2.33. The second-order valence-electron chi connectivity index (χ2n) is 8.61. The van der Waals surface area contributed by atoms with Crippen molar-refractivity contribution in [3.05, 3.63) is 77.9 Å². The van der Waals surface area contributed by atoms with E-state index in [9.17, 15) is 39.6 Å². The number of benzene rings is 2. The fourth-order valence-corrected chi connectivity index (χ4v) is 5.92. The van der Waals surface area contributed by atoms with E-state index in [4.69, 9.17) is 0 Å². The molecule has 1 fully saturated rings. The summed E-state index contributed by atoms with van der Waals surface area (Å²) in [4.78, 5) is 19.2. The van der Waals surface area contributed by atoms with E-state index < -0.39 is 70.8 Å². The van der Waals surface area contributed by atoms with Crippen molar-refractivity contribution in [2.45, 2.75) is 49.2 Å². The first-order chi connectivity index (χ1) is 17.8. The zero-order chi connectivity index (χ0) is 27.8. The van der Waals surface area contributed by atoms with E-state index in [2.05, 4.69) is 15.3 Å². The Kier molecular flexibility index (Phi) is 7.48. The van der Waals surface area contributed by atoms with Crippen molar-refractivity contribution in [2.24, 2.45) is 0 Å². The summed E-state index contributed by atoms with van der Waals surface area (Å²) in [5, 5.41) is 2.40. The van der Waals surface area contributed by atoms with Crippen LogP contribution in [0.1, 0.15) is 24.7 Å². The molecule has 0 saturated carbocycles. The molecule has 38 heavy (non-hydrogen) atoms. The van der Waals surface area contributed by atoms with Gasteiger partial charge >= 0.3 is 6.18 Å². The standard InChI is InChI=1S/C24H20F6N4O3S/c1-13-20(27)9-21(34(13)38(36,37)18-5-3-17(25)4-6-18)22(35)31-10-15-8-14(2-7-19(15)26)16-11-32-23(33-12-16)24(28,29)30/h2-8,11-13,20-21H,9-10H2,1H3,(H,31,35)/t13-,20+,21?/m0/s1. The number of amides is 1. The molecule has 2 aromatic carbocycles. The van der Waals surface area contributed by atoms with Gasteiger partial charge in [0.05, 0.1) is 10.9 Å². The summed E-state index contributed by atoms with van der Waals surface area (Å²) in [6.45, 7) is 0.876. The Labute approximate surface area is 213 Å². The summed E-state index contributed by atoms with van der Waals surface area (Å²) >= 11 is 0. The molecule has 2 heterocycles. The van der Waals surface area contributed by atoms with Crippen molar-refractivity contribution in [1.29, 1.82) is 0 Å². The first-order valence-corrected chi connectivity index (χ1v) is 12.6. The van der Waals surface area contributed by atoms with Crippen LogP contribution in [0.25, 0.3) is 11.1 Å². The van der Waals surface area contributed by atoms with E-state index in [0.29, 0.717) is 4.31 Å². The molecule has 0 spiro atoms. The number of carbonyl (C=O) groups excluding carboxylic acids is 1. The first-order valence-electron chi connectivity index (χ1n) is 11.2. The predicted octanol–water partition coefficient (Wildman–Crippen LogP) is 4.25. The minimum Gasteiger partial charge on any atom is -0.351 e. The minimum atomic E-state index is -4.73. The average Bonchev–Trinajstić information content (AvgIpc) is 3.18. The van der Waals surface area contributed by atoms with Crippen molar-refractivity contribution in [3.63, 3.8) is 0 Å². The van der Waals surface area contributed by atoms with Gasteiger partial charge in [0.1, 0.15) is 23.8 Å². The number of carbonyl (C=O) groups is 1. The van der Waals surface area contributed by atoms with Crippen LogP contribution in [0.15, 0.2) is 59.8 Å². The van der Waals surface area contributed by atoms with Crippen LogP contribution in [0.4, 0.5) is 26.3 Å². The summed E-state index contributed by atoms with van der Waals surface area (Å²) in [7, 11) is -4.38. The number of hydrogen-bond acceptors (Lipinski definition) is 5. The largest absolute Gasteiger partial charge is 0.451 e. The third-order valence-electron chi connectivity index (χ3n) is 6.11. The molecule has 0 bridgehead atoms. The maximum atomic E-state index is 14.6. The lowest BCUT2D eigenvalue weighted by Crippen LogP contribution is -2.48. The van der Waals surface area contributed by atoms with Gasteiger partial charge in [-0.05, 0) is 48.9 Å². The Morgan fingerprint density at radius 3 is 2.29 bits per heavy atom. The molecule has 1 aromatic heterocycles. The molecule has 1 aliphatic rings. The number of halogens is 6. The van der Waals surface area contributed by atoms with Crippen LogP contribution in [0.2, 0.25) is 0 Å². The van der Waals surface area contributed by atoms with Crippen molar-refractivity contribution in [2.75, 3.05) is 0 Å². The molecule has 3 aromatic rings. The van der Waals surface area contributed by atoms with Gasteiger partial charge in [0.2, 0.25) is 21.8 Å².